The van der Waals surface area contributed by atoms with Gasteiger partial charge < -0.3 is 0 Å². The van der Waals surface area contributed by atoms with Crippen LogP contribution in [-0.4, -0.2) is 30.4 Å². The van der Waals surface area contributed by atoms with Crippen molar-refractivity contribution >= 4 is 15.9 Å². The van der Waals surface area contributed by atoms with Crippen molar-refractivity contribution in [3.8, 4) is 0 Å². The fourth-order valence-corrected chi connectivity index (χ4v) is 4.64. The molecular weight excluding hydrogens is 483 g/mol. The first-order valence-electron chi connectivity index (χ1n) is 9.66. The number of amides is 1. The minimum absolute atomic E-state index is 0.0356. The lowest BCUT2D eigenvalue weighted by atomic mass is 10.1. The van der Waals surface area contributed by atoms with Gasteiger partial charge in [0.05, 0.1) is 0 Å². The fraction of sp³-hybridized carbons (Fsp3) is 0.136. The number of hydrogen-bond acceptors (Lipinski definition) is 4. The van der Waals surface area contributed by atoms with Gasteiger partial charge in [-0.25, -0.2) is 35.8 Å². The van der Waals surface area contributed by atoms with Crippen LogP contribution in [0.3, 0.4) is 0 Å². The van der Waals surface area contributed by atoms with Gasteiger partial charge in [-0.15, -0.1) is 0 Å². The number of carbonyl (C=O) groups is 1. The van der Waals surface area contributed by atoms with Gasteiger partial charge in [0.1, 0.15) is 10.7 Å². The van der Waals surface area contributed by atoms with Gasteiger partial charge in [-0.2, -0.15) is 4.31 Å². The molecule has 0 atom stereocenters. The third-order valence-electron chi connectivity index (χ3n) is 4.95. The van der Waals surface area contributed by atoms with Crippen LogP contribution >= 0.6 is 0 Å². The van der Waals surface area contributed by atoms with Crippen LogP contribution in [-0.2, 0) is 23.0 Å². The number of hydrogen-bond donors (Lipinski definition) is 2. The maximum absolute atomic E-state index is 14.3. The monoisotopic (exact) mass is 500 g/mol. The maximum atomic E-state index is 14.3. The number of rotatable bonds is 8. The summed E-state index contributed by atoms with van der Waals surface area (Å²) in [6, 6.07) is 10.7. The van der Waals surface area contributed by atoms with Gasteiger partial charge in [0.15, 0.2) is 23.3 Å². The highest BCUT2D eigenvalue weighted by Crippen LogP contribution is 2.27. The Hall–Kier alpha value is -3.35. The van der Waals surface area contributed by atoms with Crippen LogP contribution in [0, 0.1) is 29.1 Å². The molecule has 0 unspecified atom stereocenters. The molecule has 1 amide bonds. The zero-order valence-corrected chi connectivity index (χ0v) is 18.1. The Balaban J connectivity index is 2.00. The standard InChI is InChI=1S/C22H17F5N2O4S/c23-16-4-2-1-3-14(16)9-10-29(12-13-5-7-15(8-6-13)22(30)28-31)34(32,33)18-11-17(24)19(25)21(27)20(18)26/h1-8,11,31H,9-10,12H2,(H,28,30). The molecule has 3 aromatic rings. The lowest BCUT2D eigenvalue weighted by Crippen LogP contribution is -2.33. The van der Waals surface area contributed by atoms with Gasteiger partial charge in [-0.05, 0) is 35.7 Å². The second-order valence-corrected chi connectivity index (χ2v) is 9.02. The molecule has 2 N–H and O–H groups in total. The van der Waals surface area contributed by atoms with Gasteiger partial charge in [0.25, 0.3) is 5.91 Å². The Morgan fingerprint density at radius 3 is 2.15 bits per heavy atom. The van der Waals surface area contributed by atoms with Gasteiger partial charge >= 0.3 is 0 Å². The highest BCUT2D eigenvalue weighted by molar-refractivity contribution is 7.89. The van der Waals surface area contributed by atoms with Gasteiger partial charge in [-0.3, -0.25) is 10.0 Å². The molecule has 0 aliphatic heterocycles. The topological polar surface area (TPSA) is 86.7 Å². The van der Waals surface area contributed by atoms with Crippen LogP contribution in [0.5, 0.6) is 0 Å². The molecular formula is C22H17F5N2O4S. The molecule has 0 aliphatic carbocycles. The molecule has 0 aromatic heterocycles. The second-order valence-electron chi connectivity index (χ2n) is 7.12. The number of nitrogens with zero attached hydrogens (tertiary/aromatic N) is 1. The molecule has 0 saturated heterocycles. The van der Waals surface area contributed by atoms with Crippen molar-refractivity contribution in [3.63, 3.8) is 0 Å². The van der Waals surface area contributed by atoms with Crippen molar-refractivity contribution in [1.82, 2.24) is 9.79 Å². The summed E-state index contributed by atoms with van der Waals surface area (Å²) in [6.07, 6.45) is -0.176. The van der Waals surface area contributed by atoms with E-state index in [9.17, 15) is 35.2 Å². The molecule has 0 saturated carbocycles. The summed E-state index contributed by atoms with van der Waals surface area (Å²) in [7, 11) is -4.94. The van der Waals surface area contributed by atoms with Gasteiger partial charge in [0.2, 0.25) is 10.0 Å². The number of hydroxylamine groups is 1. The SMILES string of the molecule is O=C(NO)c1ccc(CN(CCc2ccccc2F)S(=O)(=O)c2cc(F)c(F)c(F)c2F)cc1. The van der Waals surface area contributed by atoms with Gasteiger partial charge in [-0.1, -0.05) is 30.3 Å². The molecule has 0 heterocycles. The van der Waals surface area contributed by atoms with E-state index in [1.165, 1.54) is 47.9 Å². The van der Waals surface area contributed by atoms with E-state index in [1.54, 1.807) is 0 Å². The van der Waals surface area contributed by atoms with Gasteiger partial charge in [0, 0.05) is 24.7 Å². The minimum Gasteiger partial charge on any atom is -0.288 e. The first-order valence-corrected chi connectivity index (χ1v) is 11.1. The summed E-state index contributed by atoms with van der Waals surface area (Å²) < 4.78 is 96.1. The Bertz CT molecular complexity index is 1320. The van der Waals surface area contributed by atoms with E-state index >= 15 is 0 Å². The van der Waals surface area contributed by atoms with Crippen LogP contribution in [0.2, 0.25) is 0 Å². The summed E-state index contributed by atoms with van der Waals surface area (Å²) in [5.74, 6) is -9.88. The third kappa shape index (κ3) is 5.24. The molecule has 6 nitrogen and oxygen atoms in total. The van der Waals surface area contributed by atoms with Crippen molar-refractivity contribution in [2.75, 3.05) is 6.54 Å². The van der Waals surface area contributed by atoms with E-state index in [0.717, 1.165) is 6.07 Å². The molecule has 0 spiro atoms. The number of carbonyl (C=O) groups excluding carboxylic acids is 1. The van der Waals surface area contributed by atoms with Crippen molar-refractivity contribution in [2.45, 2.75) is 17.9 Å². The first kappa shape index (κ1) is 25.3. The number of benzene rings is 3. The summed E-state index contributed by atoms with van der Waals surface area (Å²) in [6.45, 7) is -0.889. The van der Waals surface area contributed by atoms with Crippen LogP contribution < -0.4 is 5.48 Å². The average molecular weight is 500 g/mol. The van der Waals surface area contributed by atoms with E-state index in [1.807, 2.05) is 0 Å². The predicted octanol–water partition coefficient (Wildman–Crippen LogP) is 3.93. The van der Waals surface area contributed by atoms with E-state index in [-0.39, 0.29) is 29.2 Å². The highest BCUT2D eigenvalue weighted by Gasteiger charge is 2.32. The lowest BCUT2D eigenvalue weighted by Gasteiger charge is -2.23. The lowest BCUT2D eigenvalue weighted by molar-refractivity contribution is 0.0706. The van der Waals surface area contributed by atoms with Crippen LogP contribution in [0.1, 0.15) is 21.5 Å². The summed E-state index contributed by atoms with van der Waals surface area (Å²) in [5.41, 5.74) is 1.88. The van der Waals surface area contributed by atoms with Crippen LogP contribution in [0.4, 0.5) is 22.0 Å². The van der Waals surface area contributed by atoms with Crippen molar-refractivity contribution in [2.24, 2.45) is 0 Å². The third-order valence-corrected chi connectivity index (χ3v) is 6.80. The quantitative estimate of drug-likeness (QED) is 0.161. The second kappa shape index (κ2) is 10.3. The molecule has 180 valence electrons. The van der Waals surface area contributed by atoms with E-state index in [2.05, 4.69) is 0 Å². The Labute approximate surface area is 191 Å². The largest absolute Gasteiger partial charge is 0.288 e. The van der Waals surface area contributed by atoms with Crippen LogP contribution in [0.15, 0.2) is 59.5 Å². The zero-order valence-electron chi connectivity index (χ0n) is 17.2. The summed E-state index contributed by atoms with van der Waals surface area (Å²) in [4.78, 5) is 10.0. The normalized spacial score (nSPS) is 11.6. The number of nitrogens with one attached hydrogen (secondary N) is 1. The molecule has 3 rings (SSSR count). The molecule has 34 heavy (non-hydrogen) atoms. The maximum Gasteiger partial charge on any atom is 0.274 e. The highest BCUT2D eigenvalue weighted by atomic mass is 32.2. The molecule has 0 radical (unpaired) electrons. The minimum atomic E-state index is -4.94. The molecule has 0 fully saturated rings. The Morgan fingerprint density at radius 2 is 1.53 bits per heavy atom. The molecule has 0 aliphatic rings. The van der Waals surface area contributed by atoms with Crippen molar-refractivity contribution in [3.05, 3.63) is 100 Å². The first-order chi connectivity index (χ1) is 16.1. The number of sulfonamides is 1. The zero-order chi connectivity index (χ0) is 25.0. The fourth-order valence-electron chi connectivity index (χ4n) is 3.14. The Morgan fingerprint density at radius 1 is 0.882 bits per heavy atom. The molecule has 3 aromatic carbocycles. The van der Waals surface area contributed by atoms with E-state index in [4.69, 9.17) is 5.21 Å². The van der Waals surface area contributed by atoms with Crippen molar-refractivity contribution in [1.29, 1.82) is 0 Å². The Kier molecular flexibility index (Phi) is 7.64. The summed E-state index contributed by atoms with van der Waals surface area (Å²) in [5, 5.41) is 8.69. The summed E-state index contributed by atoms with van der Waals surface area (Å²) >= 11 is 0. The predicted molar refractivity (Wildman–Crippen MR) is 110 cm³/mol. The van der Waals surface area contributed by atoms with E-state index < -0.39 is 63.0 Å². The van der Waals surface area contributed by atoms with E-state index in [0.29, 0.717) is 4.31 Å². The average Bonchev–Trinajstić information content (AvgIpc) is 2.83. The molecule has 12 heteroatoms. The van der Waals surface area contributed by atoms with Crippen molar-refractivity contribution < 1.29 is 40.4 Å². The number of halogens is 5. The molecule has 0 bridgehead atoms. The smallest absolute Gasteiger partial charge is 0.274 e. The van der Waals surface area contributed by atoms with Crippen LogP contribution in [0.25, 0.3) is 0 Å².